The highest BCUT2D eigenvalue weighted by Crippen LogP contribution is 2.27. The zero-order chi connectivity index (χ0) is 12.4. The predicted molar refractivity (Wildman–Crippen MR) is 72.3 cm³/mol. The van der Waals surface area contributed by atoms with E-state index in [9.17, 15) is 0 Å². The van der Waals surface area contributed by atoms with E-state index in [1.165, 1.54) is 0 Å². The van der Waals surface area contributed by atoms with Gasteiger partial charge in [0.1, 0.15) is 5.75 Å². The van der Waals surface area contributed by atoms with Crippen molar-refractivity contribution in [3.05, 3.63) is 46.1 Å². The molecule has 0 aliphatic heterocycles. The topological polar surface area (TPSA) is 48.1 Å². The number of anilines is 1. The zero-order valence-electron chi connectivity index (χ0n) is 9.70. The van der Waals surface area contributed by atoms with E-state index in [1.807, 2.05) is 38.1 Å². The number of hydrogen-bond acceptors (Lipinski definition) is 3. The molecule has 0 bridgehead atoms. The third-order valence-corrected chi connectivity index (χ3v) is 3.29. The summed E-state index contributed by atoms with van der Waals surface area (Å²) >= 11 is 3.45. The number of nitrogen functional groups attached to an aromatic ring is 1. The highest BCUT2D eigenvalue weighted by Gasteiger charge is 2.04. The van der Waals surface area contributed by atoms with Crippen LogP contribution in [0.25, 0.3) is 0 Å². The summed E-state index contributed by atoms with van der Waals surface area (Å²) in [6, 6.07) is 7.65. The Labute approximate surface area is 109 Å². The number of aromatic nitrogens is 1. The molecule has 0 aliphatic carbocycles. The zero-order valence-corrected chi connectivity index (χ0v) is 11.3. The van der Waals surface area contributed by atoms with E-state index in [2.05, 4.69) is 20.9 Å². The van der Waals surface area contributed by atoms with Gasteiger partial charge >= 0.3 is 0 Å². The fourth-order valence-corrected chi connectivity index (χ4v) is 1.73. The first kappa shape index (κ1) is 11.9. The van der Waals surface area contributed by atoms with Crippen molar-refractivity contribution >= 4 is 21.6 Å². The third kappa shape index (κ3) is 2.77. The van der Waals surface area contributed by atoms with E-state index in [4.69, 9.17) is 10.5 Å². The standard InChI is InChI=1S/C13H13BrN2O/c1-8-6-11(3-4-12(8)14)17-13-9(2)5-10(15)7-16-13/h3-7H,15H2,1-2H3. The van der Waals surface area contributed by atoms with Gasteiger partial charge in [-0.1, -0.05) is 15.9 Å². The fraction of sp³-hybridized carbons (Fsp3) is 0.154. The number of pyridine rings is 1. The average Bonchev–Trinajstić information content (AvgIpc) is 2.27. The van der Waals surface area contributed by atoms with Crippen molar-refractivity contribution in [3.63, 3.8) is 0 Å². The molecule has 0 spiro atoms. The maximum atomic E-state index is 5.71. The number of ether oxygens (including phenoxy) is 1. The first-order valence-electron chi connectivity index (χ1n) is 5.22. The van der Waals surface area contributed by atoms with Gasteiger partial charge in [0.15, 0.2) is 0 Å². The lowest BCUT2D eigenvalue weighted by atomic mass is 10.2. The van der Waals surface area contributed by atoms with Gasteiger partial charge in [0.25, 0.3) is 0 Å². The molecule has 0 radical (unpaired) electrons. The minimum Gasteiger partial charge on any atom is -0.439 e. The predicted octanol–water partition coefficient (Wildman–Crippen LogP) is 3.84. The van der Waals surface area contributed by atoms with Crippen LogP contribution < -0.4 is 10.5 Å². The van der Waals surface area contributed by atoms with Crippen molar-refractivity contribution < 1.29 is 4.74 Å². The number of hydrogen-bond donors (Lipinski definition) is 1. The molecule has 3 nitrogen and oxygen atoms in total. The summed E-state index contributed by atoms with van der Waals surface area (Å²) in [6.45, 7) is 3.94. The summed E-state index contributed by atoms with van der Waals surface area (Å²) < 4.78 is 6.77. The van der Waals surface area contributed by atoms with Crippen LogP contribution in [0, 0.1) is 13.8 Å². The lowest BCUT2D eigenvalue weighted by Crippen LogP contribution is -1.94. The fourth-order valence-electron chi connectivity index (χ4n) is 1.48. The van der Waals surface area contributed by atoms with Gasteiger partial charge in [-0.2, -0.15) is 0 Å². The van der Waals surface area contributed by atoms with E-state index in [-0.39, 0.29) is 0 Å². The van der Waals surface area contributed by atoms with E-state index in [1.54, 1.807) is 6.20 Å². The van der Waals surface area contributed by atoms with E-state index >= 15 is 0 Å². The number of nitrogens with two attached hydrogens (primary N) is 1. The molecule has 0 atom stereocenters. The molecule has 0 amide bonds. The Kier molecular flexibility index (Phi) is 3.33. The molecule has 1 aromatic carbocycles. The second-order valence-electron chi connectivity index (χ2n) is 3.90. The molecule has 4 heteroatoms. The van der Waals surface area contributed by atoms with Gasteiger partial charge in [0, 0.05) is 10.0 Å². The van der Waals surface area contributed by atoms with Crippen molar-refractivity contribution in [2.45, 2.75) is 13.8 Å². The van der Waals surface area contributed by atoms with Crippen molar-refractivity contribution in [2.75, 3.05) is 5.73 Å². The summed E-state index contributed by atoms with van der Waals surface area (Å²) in [4.78, 5) is 4.17. The van der Waals surface area contributed by atoms with Crippen molar-refractivity contribution in [1.82, 2.24) is 4.98 Å². The maximum Gasteiger partial charge on any atom is 0.222 e. The van der Waals surface area contributed by atoms with E-state index < -0.39 is 0 Å². The Morgan fingerprint density at radius 2 is 1.94 bits per heavy atom. The molecule has 1 heterocycles. The van der Waals surface area contributed by atoms with Gasteiger partial charge in [-0.25, -0.2) is 4.98 Å². The molecular formula is C13H13BrN2O. The van der Waals surface area contributed by atoms with Crippen LogP contribution in [0.4, 0.5) is 5.69 Å². The third-order valence-electron chi connectivity index (χ3n) is 2.40. The number of benzene rings is 1. The van der Waals surface area contributed by atoms with E-state index in [0.717, 1.165) is 21.3 Å². The summed E-state index contributed by atoms with van der Waals surface area (Å²) in [7, 11) is 0. The van der Waals surface area contributed by atoms with Crippen LogP contribution in [0.2, 0.25) is 0 Å². The highest BCUT2D eigenvalue weighted by molar-refractivity contribution is 9.10. The van der Waals surface area contributed by atoms with Crippen LogP contribution in [-0.2, 0) is 0 Å². The molecule has 0 saturated heterocycles. The first-order valence-corrected chi connectivity index (χ1v) is 6.01. The monoisotopic (exact) mass is 292 g/mol. The van der Waals surface area contributed by atoms with Gasteiger partial charge in [-0.05, 0) is 43.7 Å². The van der Waals surface area contributed by atoms with Gasteiger partial charge in [0.2, 0.25) is 5.88 Å². The Hall–Kier alpha value is -1.55. The largest absolute Gasteiger partial charge is 0.439 e. The van der Waals surface area contributed by atoms with Crippen molar-refractivity contribution in [1.29, 1.82) is 0 Å². The highest BCUT2D eigenvalue weighted by atomic mass is 79.9. The van der Waals surface area contributed by atoms with E-state index in [0.29, 0.717) is 11.6 Å². The molecule has 0 fully saturated rings. The van der Waals surface area contributed by atoms with Gasteiger partial charge in [0.05, 0.1) is 11.9 Å². The normalized spacial score (nSPS) is 10.3. The SMILES string of the molecule is Cc1cc(Oc2ncc(N)cc2C)ccc1Br. The Morgan fingerprint density at radius 3 is 2.59 bits per heavy atom. The minimum atomic E-state index is 0.584. The van der Waals surface area contributed by atoms with Crippen molar-refractivity contribution in [3.8, 4) is 11.6 Å². The van der Waals surface area contributed by atoms with Crippen LogP contribution in [0.5, 0.6) is 11.6 Å². The first-order chi connectivity index (χ1) is 8.06. The quantitative estimate of drug-likeness (QED) is 0.915. The lowest BCUT2D eigenvalue weighted by Gasteiger charge is -2.09. The maximum absolute atomic E-state index is 5.71. The molecular weight excluding hydrogens is 280 g/mol. The van der Waals surface area contributed by atoms with Gasteiger partial charge in [-0.3, -0.25) is 0 Å². The molecule has 2 rings (SSSR count). The van der Waals surface area contributed by atoms with Gasteiger partial charge in [-0.15, -0.1) is 0 Å². The molecule has 2 aromatic rings. The summed E-state index contributed by atoms with van der Waals surface area (Å²) in [5.74, 6) is 1.35. The number of nitrogens with zero attached hydrogens (tertiary/aromatic N) is 1. The molecule has 1 aromatic heterocycles. The number of halogens is 1. The molecule has 17 heavy (non-hydrogen) atoms. The Balaban J connectivity index is 2.28. The minimum absolute atomic E-state index is 0.584. The molecule has 0 aliphatic rings. The lowest BCUT2D eigenvalue weighted by molar-refractivity contribution is 0.458. The average molecular weight is 293 g/mol. The molecule has 2 N–H and O–H groups in total. The summed E-state index contributed by atoms with van der Waals surface area (Å²) in [6.07, 6.45) is 1.59. The number of aryl methyl sites for hydroxylation is 2. The van der Waals surface area contributed by atoms with Gasteiger partial charge < -0.3 is 10.5 Å². The Morgan fingerprint density at radius 1 is 1.18 bits per heavy atom. The number of rotatable bonds is 2. The van der Waals surface area contributed by atoms with Crippen LogP contribution >= 0.6 is 15.9 Å². The second kappa shape index (κ2) is 4.75. The summed E-state index contributed by atoms with van der Waals surface area (Å²) in [5.41, 5.74) is 8.32. The molecule has 0 saturated carbocycles. The molecule has 0 unspecified atom stereocenters. The van der Waals surface area contributed by atoms with Crippen LogP contribution in [0.1, 0.15) is 11.1 Å². The van der Waals surface area contributed by atoms with Crippen LogP contribution in [0.15, 0.2) is 34.9 Å². The smallest absolute Gasteiger partial charge is 0.222 e. The summed E-state index contributed by atoms with van der Waals surface area (Å²) in [5, 5.41) is 0. The van der Waals surface area contributed by atoms with Crippen molar-refractivity contribution in [2.24, 2.45) is 0 Å². The van der Waals surface area contributed by atoms with Crippen LogP contribution in [-0.4, -0.2) is 4.98 Å². The second-order valence-corrected chi connectivity index (χ2v) is 4.76. The molecule has 88 valence electrons. The van der Waals surface area contributed by atoms with Crippen LogP contribution in [0.3, 0.4) is 0 Å². The Bertz CT molecular complexity index is 555.